The molecule has 0 radical (unpaired) electrons. The summed E-state index contributed by atoms with van der Waals surface area (Å²) in [5.74, 6) is 1.45. The zero-order valence-electron chi connectivity index (χ0n) is 20.2. The van der Waals surface area contributed by atoms with Crippen LogP contribution in [0.4, 0.5) is 4.79 Å². The maximum absolute atomic E-state index is 13.1. The van der Waals surface area contributed by atoms with Gasteiger partial charge in [-0.3, -0.25) is 4.90 Å². The molecule has 1 aromatic heterocycles. The van der Waals surface area contributed by atoms with Crippen molar-refractivity contribution in [2.24, 2.45) is 0 Å². The van der Waals surface area contributed by atoms with Crippen LogP contribution in [0.5, 0.6) is 5.75 Å². The number of ether oxygens (including phenoxy) is 2. The third-order valence-electron chi connectivity index (χ3n) is 5.74. The molecule has 0 aliphatic carbocycles. The Hall–Kier alpha value is -3.36. The third-order valence-corrected chi connectivity index (χ3v) is 5.98. The summed E-state index contributed by atoms with van der Waals surface area (Å²) in [5, 5.41) is 7.86. The summed E-state index contributed by atoms with van der Waals surface area (Å²) in [6.45, 7) is 6.92. The van der Waals surface area contributed by atoms with Gasteiger partial charge in [-0.25, -0.2) is 4.79 Å². The van der Waals surface area contributed by atoms with Crippen LogP contribution in [-0.2, 0) is 4.74 Å². The predicted molar refractivity (Wildman–Crippen MR) is 134 cm³/mol. The molecular formula is C26H29ClN4O4. The third kappa shape index (κ3) is 5.66. The van der Waals surface area contributed by atoms with Crippen LogP contribution in [0.25, 0.3) is 17.0 Å². The molecule has 2 amide bonds. The van der Waals surface area contributed by atoms with Crippen LogP contribution < -0.4 is 10.1 Å². The molecule has 2 aromatic carbocycles. The van der Waals surface area contributed by atoms with Gasteiger partial charge in [-0.05, 0) is 57.0 Å². The highest BCUT2D eigenvalue weighted by Gasteiger charge is 2.35. The van der Waals surface area contributed by atoms with Crippen molar-refractivity contribution >= 4 is 23.2 Å². The minimum atomic E-state index is -0.497. The minimum Gasteiger partial charge on any atom is -0.497 e. The average molecular weight is 497 g/mol. The van der Waals surface area contributed by atoms with Gasteiger partial charge < -0.3 is 19.3 Å². The number of hydrogen-bond acceptors (Lipinski definition) is 6. The zero-order valence-corrected chi connectivity index (χ0v) is 21.0. The van der Waals surface area contributed by atoms with Gasteiger partial charge in [0.25, 0.3) is 5.89 Å². The van der Waals surface area contributed by atoms with Crippen LogP contribution in [0.15, 0.2) is 58.8 Å². The second kappa shape index (κ2) is 10.9. The Morgan fingerprint density at radius 1 is 1.20 bits per heavy atom. The van der Waals surface area contributed by atoms with Crippen molar-refractivity contribution in [1.82, 2.24) is 20.4 Å². The van der Waals surface area contributed by atoms with Crippen LogP contribution in [0.1, 0.15) is 44.7 Å². The van der Waals surface area contributed by atoms with E-state index in [2.05, 4.69) is 15.5 Å². The number of halogens is 1. The number of nitrogens with one attached hydrogen (secondary N) is 1. The number of allylic oxidation sites excluding steroid dienone is 1. The molecule has 184 valence electrons. The topological polar surface area (TPSA) is 89.7 Å². The van der Waals surface area contributed by atoms with E-state index in [1.165, 1.54) is 0 Å². The number of benzene rings is 2. The van der Waals surface area contributed by atoms with Gasteiger partial charge in [-0.1, -0.05) is 41.0 Å². The molecule has 0 bridgehead atoms. The molecule has 4 rings (SSSR count). The van der Waals surface area contributed by atoms with Gasteiger partial charge in [0, 0.05) is 29.4 Å². The van der Waals surface area contributed by atoms with Crippen molar-refractivity contribution in [2.45, 2.75) is 39.3 Å². The van der Waals surface area contributed by atoms with Crippen LogP contribution in [0.3, 0.4) is 0 Å². The molecule has 1 N–H and O–H groups in total. The number of carbonyl (C=O) groups is 1. The van der Waals surface area contributed by atoms with E-state index in [9.17, 15) is 4.79 Å². The zero-order chi connectivity index (χ0) is 24.9. The number of methoxy groups -OCH3 is 1. The highest BCUT2D eigenvalue weighted by molar-refractivity contribution is 6.30. The largest absolute Gasteiger partial charge is 0.497 e. The second-order valence-corrected chi connectivity index (χ2v) is 8.95. The number of carbonyl (C=O) groups excluding carboxylic acids is 1. The Bertz CT molecular complexity index is 1220. The van der Waals surface area contributed by atoms with Crippen LogP contribution >= 0.6 is 11.6 Å². The Morgan fingerprint density at radius 3 is 2.74 bits per heavy atom. The summed E-state index contributed by atoms with van der Waals surface area (Å²) in [5.41, 5.74) is 3.05. The Morgan fingerprint density at radius 2 is 2.00 bits per heavy atom. The monoisotopic (exact) mass is 496 g/mol. The van der Waals surface area contributed by atoms with Crippen molar-refractivity contribution in [2.75, 3.05) is 20.3 Å². The molecule has 1 aliphatic rings. The molecule has 3 aromatic rings. The molecule has 2 heterocycles. The SMILES string of the molecule is COc1cccc(-c2noc(C3=C(C)N(CCCOC(C)C)C(=O)NC3c3cccc(Cl)c3)n2)c1. The fourth-order valence-electron chi connectivity index (χ4n) is 4.02. The standard InChI is InChI=1S/C26H29ClN4O4/c1-16(2)34-13-7-12-31-17(3)22(23(28-26(31)32)18-8-5-10-20(27)14-18)25-29-24(30-35-25)19-9-6-11-21(15-19)33-4/h5-6,8-11,14-16,23H,7,12-13H2,1-4H3,(H,28,32). The van der Waals surface area contributed by atoms with E-state index in [1.807, 2.05) is 63.2 Å². The lowest BCUT2D eigenvalue weighted by Crippen LogP contribution is -2.46. The summed E-state index contributed by atoms with van der Waals surface area (Å²) in [4.78, 5) is 19.5. The van der Waals surface area contributed by atoms with E-state index in [-0.39, 0.29) is 12.1 Å². The van der Waals surface area contributed by atoms with Crippen LogP contribution in [-0.4, -0.2) is 47.4 Å². The molecule has 0 fully saturated rings. The van der Waals surface area contributed by atoms with E-state index >= 15 is 0 Å². The first kappa shape index (κ1) is 24.8. The molecular weight excluding hydrogens is 468 g/mol. The van der Waals surface area contributed by atoms with Gasteiger partial charge in [-0.15, -0.1) is 0 Å². The highest BCUT2D eigenvalue weighted by Crippen LogP contribution is 2.38. The molecule has 0 saturated heterocycles. The summed E-state index contributed by atoms with van der Waals surface area (Å²) in [6, 6.07) is 14.1. The van der Waals surface area contributed by atoms with E-state index in [4.69, 9.17) is 25.6 Å². The van der Waals surface area contributed by atoms with Crippen molar-refractivity contribution < 1.29 is 18.8 Å². The lowest BCUT2D eigenvalue weighted by atomic mass is 9.94. The van der Waals surface area contributed by atoms with Gasteiger partial charge in [-0.2, -0.15) is 4.98 Å². The predicted octanol–water partition coefficient (Wildman–Crippen LogP) is 5.71. The smallest absolute Gasteiger partial charge is 0.322 e. The van der Waals surface area contributed by atoms with Crippen molar-refractivity contribution in [1.29, 1.82) is 0 Å². The maximum Gasteiger partial charge on any atom is 0.322 e. The molecule has 8 nitrogen and oxygen atoms in total. The quantitative estimate of drug-likeness (QED) is 0.381. The highest BCUT2D eigenvalue weighted by atomic mass is 35.5. The van der Waals surface area contributed by atoms with Gasteiger partial charge in [0.05, 0.1) is 24.8 Å². The first-order valence-corrected chi connectivity index (χ1v) is 11.9. The van der Waals surface area contributed by atoms with E-state index in [0.29, 0.717) is 42.1 Å². The number of urea groups is 1. The van der Waals surface area contributed by atoms with E-state index < -0.39 is 6.04 Å². The van der Waals surface area contributed by atoms with Gasteiger partial charge in [0.2, 0.25) is 5.82 Å². The molecule has 1 atom stereocenters. The lowest BCUT2D eigenvalue weighted by Gasteiger charge is -2.35. The average Bonchev–Trinajstić information content (AvgIpc) is 3.32. The lowest BCUT2D eigenvalue weighted by molar-refractivity contribution is 0.0736. The van der Waals surface area contributed by atoms with E-state index in [0.717, 1.165) is 22.4 Å². The van der Waals surface area contributed by atoms with Crippen molar-refractivity contribution in [3.63, 3.8) is 0 Å². The fourth-order valence-corrected chi connectivity index (χ4v) is 4.22. The summed E-state index contributed by atoms with van der Waals surface area (Å²) < 4.78 is 16.7. The summed E-state index contributed by atoms with van der Waals surface area (Å²) in [7, 11) is 1.61. The fraction of sp³-hybridized carbons (Fsp3) is 0.346. The van der Waals surface area contributed by atoms with Gasteiger partial charge >= 0.3 is 6.03 Å². The second-order valence-electron chi connectivity index (χ2n) is 8.52. The van der Waals surface area contributed by atoms with Crippen LogP contribution in [0.2, 0.25) is 5.02 Å². The summed E-state index contributed by atoms with van der Waals surface area (Å²) in [6.07, 6.45) is 0.828. The molecule has 0 saturated carbocycles. The van der Waals surface area contributed by atoms with Crippen molar-refractivity contribution in [3.05, 3.63) is 70.7 Å². The number of rotatable bonds is 9. The van der Waals surface area contributed by atoms with Gasteiger partial charge in [0.1, 0.15) is 5.75 Å². The number of amides is 2. The number of aromatic nitrogens is 2. The first-order valence-electron chi connectivity index (χ1n) is 11.5. The molecule has 9 heteroatoms. The van der Waals surface area contributed by atoms with Crippen LogP contribution in [0, 0.1) is 0 Å². The van der Waals surface area contributed by atoms with Crippen molar-refractivity contribution in [3.8, 4) is 17.1 Å². The van der Waals surface area contributed by atoms with Gasteiger partial charge in [0.15, 0.2) is 0 Å². The first-order chi connectivity index (χ1) is 16.9. The Labute approximate surface area is 209 Å². The maximum atomic E-state index is 13.1. The van der Waals surface area contributed by atoms with E-state index in [1.54, 1.807) is 18.1 Å². The molecule has 1 aliphatic heterocycles. The Balaban J connectivity index is 1.72. The summed E-state index contributed by atoms with van der Waals surface area (Å²) >= 11 is 6.27. The molecule has 0 spiro atoms. The normalized spacial score (nSPS) is 16.1. The molecule has 35 heavy (non-hydrogen) atoms. The molecule has 1 unspecified atom stereocenters. The minimum absolute atomic E-state index is 0.137. The number of hydrogen-bond donors (Lipinski definition) is 1. The number of nitrogens with zero attached hydrogens (tertiary/aromatic N) is 3. The Kier molecular flexibility index (Phi) is 7.73.